The second kappa shape index (κ2) is 3.51. The van der Waals surface area contributed by atoms with Crippen LogP contribution in [-0.4, -0.2) is 25.5 Å². The molecule has 5 nitrogen and oxygen atoms in total. The van der Waals surface area contributed by atoms with Crippen LogP contribution < -0.4 is 0 Å². The SMILES string of the molecule is OC(c1cn[nH]n1)c1ccncc1F. The monoisotopic (exact) mass is 194 g/mol. The van der Waals surface area contributed by atoms with Crippen molar-refractivity contribution in [3.63, 3.8) is 0 Å². The molecule has 0 bridgehead atoms. The first-order valence-electron chi connectivity index (χ1n) is 3.92. The first-order valence-corrected chi connectivity index (χ1v) is 3.92. The fraction of sp³-hybridized carbons (Fsp3) is 0.125. The van der Waals surface area contributed by atoms with E-state index in [4.69, 9.17) is 0 Å². The lowest BCUT2D eigenvalue weighted by Gasteiger charge is -2.07. The third-order valence-corrected chi connectivity index (χ3v) is 1.81. The summed E-state index contributed by atoms with van der Waals surface area (Å²) >= 11 is 0. The van der Waals surface area contributed by atoms with Crippen molar-refractivity contribution in [2.45, 2.75) is 6.10 Å². The van der Waals surface area contributed by atoms with Crippen molar-refractivity contribution >= 4 is 0 Å². The number of aromatic amines is 1. The van der Waals surface area contributed by atoms with Crippen molar-refractivity contribution in [1.82, 2.24) is 20.4 Å². The number of rotatable bonds is 2. The molecule has 0 aromatic carbocycles. The topological polar surface area (TPSA) is 74.7 Å². The van der Waals surface area contributed by atoms with E-state index in [2.05, 4.69) is 20.4 Å². The van der Waals surface area contributed by atoms with Gasteiger partial charge in [-0.05, 0) is 6.07 Å². The Balaban J connectivity index is 2.37. The van der Waals surface area contributed by atoms with Crippen LogP contribution in [0.2, 0.25) is 0 Å². The van der Waals surface area contributed by atoms with Crippen LogP contribution in [0.1, 0.15) is 17.4 Å². The van der Waals surface area contributed by atoms with Crippen LogP contribution in [-0.2, 0) is 0 Å². The number of aromatic nitrogens is 4. The third kappa shape index (κ3) is 1.47. The van der Waals surface area contributed by atoms with Crippen LogP contribution in [0.5, 0.6) is 0 Å². The van der Waals surface area contributed by atoms with Gasteiger partial charge in [0.05, 0.1) is 12.4 Å². The Morgan fingerprint density at radius 3 is 2.93 bits per heavy atom. The number of aliphatic hydroxyl groups excluding tert-OH is 1. The zero-order chi connectivity index (χ0) is 9.97. The van der Waals surface area contributed by atoms with E-state index in [-0.39, 0.29) is 11.3 Å². The molecule has 2 rings (SSSR count). The van der Waals surface area contributed by atoms with Gasteiger partial charge in [-0.25, -0.2) is 4.39 Å². The zero-order valence-electron chi connectivity index (χ0n) is 7.05. The van der Waals surface area contributed by atoms with Gasteiger partial charge in [0.15, 0.2) is 0 Å². The molecule has 14 heavy (non-hydrogen) atoms. The Bertz CT molecular complexity index is 417. The van der Waals surface area contributed by atoms with Crippen LogP contribution in [0.3, 0.4) is 0 Å². The summed E-state index contributed by atoms with van der Waals surface area (Å²) in [5.41, 5.74) is 0.406. The molecule has 1 atom stereocenters. The minimum atomic E-state index is -1.11. The van der Waals surface area contributed by atoms with E-state index in [1.165, 1.54) is 18.5 Å². The van der Waals surface area contributed by atoms with Crippen molar-refractivity contribution in [3.05, 3.63) is 41.7 Å². The molecule has 0 amide bonds. The summed E-state index contributed by atoms with van der Waals surface area (Å²) in [5.74, 6) is -0.567. The van der Waals surface area contributed by atoms with Crippen molar-refractivity contribution in [3.8, 4) is 0 Å². The number of pyridine rings is 1. The van der Waals surface area contributed by atoms with Crippen molar-refractivity contribution in [2.75, 3.05) is 0 Å². The van der Waals surface area contributed by atoms with E-state index in [0.29, 0.717) is 0 Å². The maximum absolute atomic E-state index is 13.2. The lowest BCUT2D eigenvalue weighted by molar-refractivity contribution is 0.209. The van der Waals surface area contributed by atoms with Crippen LogP contribution in [0.4, 0.5) is 4.39 Å². The normalized spacial score (nSPS) is 12.7. The summed E-state index contributed by atoms with van der Waals surface area (Å²) in [6.45, 7) is 0. The first-order chi connectivity index (χ1) is 6.79. The molecule has 2 aromatic rings. The maximum Gasteiger partial charge on any atom is 0.147 e. The fourth-order valence-corrected chi connectivity index (χ4v) is 1.11. The molecular weight excluding hydrogens is 187 g/mol. The lowest BCUT2D eigenvalue weighted by Crippen LogP contribution is -2.03. The molecule has 0 spiro atoms. The van der Waals surface area contributed by atoms with Gasteiger partial charge in [-0.15, -0.1) is 0 Å². The number of H-pyrrole nitrogens is 1. The third-order valence-electron chi connectivity index (χ3n) is 1.81. The second-order valence-electron chi connectivity index (χ2n) is 2.69. The van der Waals surface area contributed by atoms with Crippen LogP contribution in [0.15, 0.2) is 24.7 Å². The molecule has 0 fully saturated rings. The Labute approximate surface area is 78.6 Å². The summed E-state index contributed by atoms with van der Waals surface area (Å²) in [6.07, 6.45) is 2.67. The highest BCUT2D eigenvalue weighted by Gasteiger charge is 2.16. The van der Waals surface area contributed by atoms with Crippen LogP contribution in [0.25, 0.3) is 0 Å². The Kier molecular flexibility index (Phi) is 2.19. The quantitative estimate of drug-likeness (QED) is 0.726. The molecule has 0 aliphatic rings. The van der Waals surface area contributed by atoms with Gasteiger partial charge in [0.2, 0.25) is 0 Å². The van der Waals surface area contributed by atoms with E-state index in [1.807, 2.05) is 0 Å². The second-order valence-corrected chi connectivity index (χ2v) is 2.69. The van der Waals surface area contributed by atoms with Gasteiger partial charge >= 0.3 is 0 Å². The first kappa shape index (κ1) is 8.76. The standard InChI is InChI=1S/C8H7FN4O/c9-6-3-10-2-1-5(6)8(14)7-4-11-13-12-7/h1-4,8,14H,(H,11,12,13). The predicted octanol–water partition coefficient (Wildman–Crippen LogP) is 0.420. The number of nitrogens with zero attached hydrogens (tertiary/aromatic N) is 3. The Hall–Kier alpha value is -1.82. The van der Waals surface area contributed by atoms with Crippen molar-refractivity contribution in [1.29, 1.82) is 0 Å². The van der Waals surface area contributed by atoms with Crippen molar-refractivity contribution in [2.24, 2.45) is 0 Å². The van der Waals surface area contributed by atoms with E-state index in [0.717, 1.165) is 6.20 Å². The molecule has 1 unspecified atom stereocenters. The highest BCUT2D eigenvalue weighted by molar-refractivity contribution is 5.22. The largest absolute Gasteiger partial charge is 0.382 e. The van der Waals surface area contributed by atoms with Gasteiger partial charge in [-0.1, -0.05) is 0 Å². The van der Waals surface area contributed by atoms with E-state index in [9.17, 15) is 9.50 Å². The minimum Gasteiger partial charge on any atom is -0.382 e. The minimum absolute atomic E-state index is 0.133. The molecule has 0 saturated carbocycles. The van der Waals surface area contributed by atoms with E-state index in [1.54, 1.807) is 0 Å². The molecule has 0 saturated heterocycles. The van der Waals surface area contributed by atoms with Gasteiger partial charge < -0.3 is 5.11 Å². The summed E-state index contributed by atoms with van der Waals surface area (Å²) in [7, 11) is 0. The number of aliphatic hydroxyl groups is 1. The van der Waals surface area contributed by atoms with Crippen LogP contribution >= 0.6 is 0 Å². The van der Waals surface area contributed by atoms with Crippen LogP contribution in [0, 0.1) is 5.82 Å². The maximum atomic E-state index is 13.2. The molecule has 2 N–H and O–H groups in total. The smallest absolute Gasteiger partial charge is 0.147 e. The van der Waals surface area contributed by atoms with Gasteiger partial charge in [0, 0.05) is 11.8 Å². The number of hydrogen-bond donors (Lipinski definition) is 2. The molecule has 72 valence electrons. The molecule has 0 aliphatic heterocycles. The zero-order valence-corrected chi connectivity index (χ0v) is 7.05. The van der Waals surface area contributed by atoms with Gasteiger partial charge in [0.1, 0.15) is 17.6 Å². The molecule has 0 radical (unpaired) electrons. The molecule has 6 heteroatoms. The molecule has 0 aliphatic carbocycles. The van der Waals surface area contributed by atoms with E-state index >= 15 is 0 Å². The highest BCUT2D eigenvalue weighted by atomic mass is 19.1. The predicted molar refractivity (Wildman–Crippen MR) is 44.6 cm³/mol. The van der Waals surface area contributed by atoms with Gasteiger partial charge in [0.25, 0.3) is 0 Å². The van der Waals surface area contributed by atoms with Gasteiger partial charge in [-0.2, -0.15) is 15.4 Å². The number of halogens is 1. The summed E-state index contributed by atoms with van der Waals surface area (Å²) < 4.78 is 13.2. The average molecular weight is 194 g/mol. The highest BCUT2D eigenvalue weighted by Crippen LogP contribution is 2.20. The molecular formula is C8H7FN4O. The molecule has 2 heterocycles. The lowest BCUT2D eigenvalue weighted by atomic mass is 10.1. The average Bonchev–Trinajstić information content (AvgIpc) is 2.70. The summed E-state index contributed by atoms with van der Waals surface area (Å²) in [4.78, 5) is 3.58. The van der Waals surface area contributed by atoms with Gasteiger partial charge in [-0.3, -0.25) is 4.98 Å². The number of nitrogens with one attached hydrogen (secondary N) is 1. The Morgan fingerprint density at radius 2 is 2.29 bits per heavy atom. The Morgan fingerprint density at radius 1 is 1.43 bits per heavy atom. The summed E-state index contributed by atoms with van der Waals surface area (Å²) in [5, 5.41) is 19.2. The summed E-state index contributed by atoms with van der Waals surface area (Å²) in [6, 6.07) is 1.40. The fourth-order valence-electron chi connectivity index (χ4n) is 1.11. The molecule has 2 aromatic heterocycles. The number of hydrogen-bond acceptors (Lipinski definition) is 4. The van der Waals surface area contributed by atoms with E-state index < -0.39 is 11.9 Å². The van der Waals surface area contributed by atoms with Crippen molar-refractivity contribution < 1.29 is 9.50 Å².